The maximum Gasteiger partial charge on any atom is 0.267 e. The van der Waals surface area contributed by atoms with Gasteiger partial charge in [-0.05, 0) is 54.8 Å². The number of halogens is 1. The maximum atomic E-state index is 12.7. The minimum absolute atomic E-state index is 0.0158. The van der Waals surface area contributed by atoms with E-state index in [-0.39, 0.29) is 9.92 Å². The molecule has 0 spiro atoms. The molecule has 2 aromatic carbocycles. The molecule has 1 aromatic heterocycles. The van der Waals surface area contributed by atoms with Crippen LogP contribution in [0.15, 0.2) is 80.3 Å². The monoisotopic (exact) mass is 449 g/mol. The zero-order valence-corrected chi connectivity index (χ0v) is 17.6. The molecule has 0 unspecified atom stereocenters. The van der Waals surface area contributed by atoms with E-state index in [1.54, 1.807) is 18.2 Å². The first-order valence-corrected chi connectivity index (χ1v) is 11.4. The number of rotatable bonds is 6. The molecule has 0 aliphatic rings. The van der Waals surface area contributed by atoms with Crippen molar-refractivity contribution in [2.45, 2.75) is 21.4 Å². The van der Waals surface area contributed by atoms with E-state index in [4.69, 9.17) is 11.6 Å². The number of hydrogen-bond donors (Lipinski definition) is 1. The number of benzene rings is 2. The van der Waals surface area contributed by atoms with Crippen LogP contribution in [0.1, 0.15) is 0 Å². The van der Waals surface area contributed by atoms with E-state index in [1.165, 1.54) is 36.0 Å². The van der Waals surface area contributed by atoms with Crippen molar-refractivity contribution in [2.75, 3.05) is 11.6 Å². The Balaban J connectivity index is 1.84. The second-order valence-corrected chi connectivity index (χ2v) is 9.12. The van der Waals surface area contributed by atoms with Gasteiger partial charge in [0.15, 0.2) is 5.03 Å². The Morgan fingerprint density at radius 1 is 1.14 bits per heavy atom. The van der Waals surface area contributed by atoms with E-state index < -0.39 is 27.8 Å². The fourth-order valence-electron chi connectivity index (χ4n) is 2.46. The quantitative estimate of drug-likeness (QED) is 0.580. The van der Waals surface area contributed by atoms with Crippen LogP contribution in [0.2, 0.25) is 5.02 Å². The molecule has 0 radical (unpaired) electrons. The van der Waals surface area contributed by atoms with Crippen molar-refractivity contribution < 1.29 is 13.2 Å². The topological polar surface area (TPSA) is 98.1 Å². The van der Waals surface area contributed by atoms with Gasteiger partial charge in [-0.25, -0.2) is 13.1 Å². The molecular formula is C19H16ClN3O4S2. The van der Waals surface area contributed by atoms with E-state index in [0.717, 1.165) is 21.7 Å². The van der Waals surface area contributed by atoms with Gasteiger partial charge in [0.1, 0.15) is 6.54 Å². The molecule has 0 bridgehead atoms. The number of carbonyl (C=O) groups is 1. The SMILES string of the molecule is CSc1cccc(NC(=O)Cn2nc(S(=O)(=O)c3ccc(Cl)cc3)ccc2=O)c1. The Labute approximate surface area is 176 Å². The molecule has 1 heterocycles. The van der Waals surface area contributed by atoms with Crippen molar-refractivity contribution in [3.8, 4) is 0 Å². The predicted molar refractivity (Wildman–Crippen MR) is 112 cm³/mol. The largest absolute Gasteiger partial charge is 0.324 e. The van der Waals surface area contributed by atoms with Gasteiger partial charge < -0.3 is 5.32 Å². The number of aromatic nitrogens is 2. The number of carbonyl (C=O) groups excluding carboxylic acids is 1. The number of thioether (sulfide) groups is 1. The summed E-state index contributed by atoms with van der Waals surface area (Å²) in [4.78, 5) is 25.3. The minimum atomic E-state index is -3.96. The van der Waals surface area contributed by atoms with Gasteiger partial charge in [0, 0.05) is 21.7 Å². The molecule has 7 nitrogen and oxygen atoms in total. The van der Waals surface area contributed by atoms with Crippen molar-refractivity contribution in [3.63, 3.8) is 0 Å². The third-order valence-electron chi connectivity index (χ3n) is 3.89. The summed E-state index contributed by atoms with van der Waals surface area (Å²) in [6.07, 6.45) is 1.91. The van der Waals surface area contributed by atoms with Crippen LogP contribution < -0.4 is 10.9 Å². The lowest BCUT2D eigenvalue weighted by molar-refractivity contribution is -0.117. The van der Waals surface area contributed by atoms with Crippen LogP contribution in [0, 0.1) is 0 Å². The number of anilines is 1. The van der Waals surface area contributed by atoms with Gasteiger partial charge in [0.05, 0.1) is 4.90 Å². The third-order valence-corrected chi connectivity index (χ3v) is 6.53. The highest BCUT2D eigenvalue weighted by molar-refractivity contribution is 7.98. The van der Waals surface area contributed by atoms with Gasteiger partial charge in [0.2, 0.25) is 15.7 Å². The van der Waals surface area contributed by atoms with Crippen LogP contribution in [0.3, 0.4) is 0 Å². The molecule has 10 heteroatoms. The fourth-order valence-corrected chi connectivity index (χ4v) is 4.23. The lowest BCUT2D eigenvalue weighted by Gasteiger charge is -2.09. The molecule has 3 rings (SSSR count). The van der Waals surface area contributed by atoms with Gasteiger partial charge in [-0.1, -0.05) is 17.7 Å². The normalized spacial score (nSPS) is 11.2. The molecule has 0 aliphatic heterocycles. The Kier molecular flexibility index (Phi) is 6.41. The van der Waals surface area contributed by atoms with Gasteiger partial charge in [-0.15, -0.1) is 11.8 Å². The van der Waals surface area contributed by atoms with Crippen LogP contribution in [0.5, 0.6) is 0 Å². The van der Waals surface area contributed by atoms with Gasteiger partial charge in [-0.2, -0.15) is 5.10 Å². The van der Waals surface area contributed by atoms with Gasteiger partial charge >= 0.3 is 0 Å². The van der Waals surface area contributed by atoms with Gasteiger partial charge in [-0.3, -0.25) is 9.59 Å². The summed E-state index contributed by atoms with van der Waals surface area (Å²) in [6, 6.07) is 15.0. The molecule has 0 fully saturated rings. The second kappa shape index (κ2) is 8.81. The molecular weight excluding hydrogens is 434 g/mol. The summed E-state index contributed by atoms with van der Waals surface area (Å²) >= 11 is 7.32. The van der Waals surface area contributed by atoms with Gasteiger partial charge in [0.25, 0.3) is 5.56 Å². The van der Waals surface area contributed by atoms with Crippen LogP contribution in [-0.2, 0) is 21.2 Å². The fraction of sp³-hybridized carbons (Fsp3) is 0.105. The molecule has 150 valence electrons. The van der Waals surface area contributed by atoms with Crippen molar-refractivity contribution in [3.05, 3.63) is 76.0 Å². The molecule has 3 aromatic rings. The summed E-state index contributed by atoms with van der Waals surface area (Å²) in [5.74, 6) is -0.501. The average molecular weight is 450 g/mol. The number of hydrogen-bond acceptors (Lipinski definition) is 6. The molecule has 0 aliphatic carbocycles. The first-order valence-electron chi connectivity index (χ1n) is 8.32. The van der Waals surface area contributed by atoms with Crippen molar-refractivity contribution >= 4 is 44.8 Å². The zero-order chi connectivity index (χ0) is 21.0. The Bertz CT molecular complexity index is 1210. The first-order chi connectivity index (χ1) is 13.8. The Hall–Kier alpha value is -2.62. The second-order valence-electron chi connectivity index (χ2n) is 5.90. The van der Waals surface area contributed by atoms with E-state index in [2.05, 4.69) is 10.4 Å². The van der Waals surface area contributed by atoms with Crippen LogP contribution in [0.25, 0.3) is 0 Å². The lowest BCUT2D eigenvalue weighted by atomic mass is 10.3. The van der Waals surface area contributed by atoms with Crippen molar-refractivity contribution in [1.29, 1.82) is 0 Å². The Morgan fingerprint density at radius 2 is 1.86 bits per heavy atom. The Morgan fingerprint density at radius 3 is 2.55 bits per heavy atom. The summed E-state index contributed by atoms with van der Waals surface area (Å²) in [7, 11) is -3.96. The summed E-state index contributed by atoms with van der Waals surface area (Å²) < 4.78 is 26.3. The van der Waals surface area contributed by atoms with E-state index in [0.29, 0.717) is 10.7 Å². The zero-order valence-electron chi connectivity index (χ0n) is 15.2. The number of amides is 1. The molecule has 29 heavy (non-hydrogen) atoms. The molecule has 0 atom stereocenters. The van der Waals surface area contributed by atoms with Crippen LogP contribution in [-0.4, -0.2) is 30.4 Å². The highest BCUT2D eigenvalue weighted by Crippen LogP contribution is 2.21. The summed E-state index contributed by atoms with van der Waals surface area (Å²) in [6.45, 7) is -0.424. The van der Waals surface area contributed by atoms with Crippen LogP contribution in [0.4, 0.5) is 5.69 Å². The summed E-state index contributed by atoms with van der Waals surface area (Å²) in [5, 5.41) is 6.60. The molecule has 0 saturated carbocycles. The third kappa shape index (κ3) is 5.06. The number of nitrogens with one attached hydrogen (secondary N) is 1. The maximum absolute atomic E-state index is 12.7. The highest BCUT2D eigenvalue weighted by Gasteiger charge is 2.21. The van der Waals surface area contributed by atoms with E-state index in [9.17, 15) is 18.0 Å². The molecule has 1 amide bonds. The average Bonchev–Trinajstić information content (AvgIpc) is 2.70. The lowest BCUT2D eigenvalue weighted by Crippen LogP contribution is -2.30. The summed E-state index contributed by atoms with van der Waals surface area (Å²) in [5.41, 5.74) is -0.0205. The standard InChI is InChI=1S/C19H16ClN3O4S2/c1-28-15-4-2-3-14(11-15)21-17(24)12-23-19(25)10-9-18(22-23)29(26,27)16-7-5-13(20)6-8-16/h2-11H,12H2,1H3,(H,21,24). The highest BCUT2D eigenvalue weighted by atomic mass is 35.5. The number of nitrogens with zero attached hydrogens (tertiary/aromatic N) is 2. The van der Waals surface area contributed by atoms with Crippen molar-refractivity contribution in [1.82, 2.24) is 9.78 Å². The molecule has 0 saturated heterocycles. The van der Waals surface area contributed by atoms with Crippen molar-refractivity contribution in [2.24, 2.45) is 0 Å². The number of sulfone groups is 1. The van der Waals surface area contributed by atoms with E-state index in [1.807, 2.05) is 12.3 Å². The minimum Gasteiger partial charge on any atom is -0.324 e. The molecule has 1 N–H and O–H groups in total. The predicted octanol–water partition coefficient (Wildman–Crippen LogP) is 3.09. The first kappa shape index (κ1) is 21.1. The van der Waals surface area contributed by atoms with Crippen LogP contribution >= 0.6 is 23.4 Å². The van der Waals surface area contributed by atoms with E-state index >= 15 is 0 Å². The smallest absolute Gasteiger partial charge is 0.267 e.